The molecule has 0 spiro atoms. The first kappa shape index (κ1) is 17.0. The number of rotatable bonds is 6. The molecule has 0 saturated carbocycles. The van der Waals surface area contributed by atoms with Crippen molar-refractivity contribution in [3.05, 3.63) is 58.0 Å². The number of fused-ring (bicyclic) bond motifs is 1. The number of hydrogen-bond donors (Lipinski definition) is 0. The maximum Gasteiger partial charge on any atom is 0.419 e. The zero-order valence-electron chi connectivity index (χ0n) is 14.4. The van der Waals surface area contributed by atoms with Crippen LogP contribution in [-0.2, 0) is 17.8 Å². The van der Waals surface area contributed by atoms with Gasteiger partial charge in [0, 0.05) is 13.1 Å². The Labute approximate surface area is 144 Å². The maximum atomic E-state index is 12.0. The number of hydrogen-bond acceptors (Lipinski definition) is 6. The second-order valence-electron chi connectivity index (χ2n) is 5.90. The summed E-state index contributed by atoms with van der Waals surface area (Å²) in [5, 5.41) is 0. The zero-order valence-corrected chi connectivity index (χ0v) is 14.4. The number of benzene rings is 1. The van der Waals surface area contributed by atoms with Gasteiger partial charge in [-0.15, -0.1) is 0 Å². The normalized spacial score (nSPS) is 11.4. The Morgan fingerprint density at radius 2 is 2.04 bits per heavy atom. The van der Waals surface area contributed by atoms with Crippen molar-refractivity contribution >= 4 is 17.1 Å². The lowest BCUT2D eigenvalue weighted by molar-refractivity contribution is 0.0599. The van der Waals surface area contributed by atoms with Gasteiger partial charge in [0.1, 0.15) is 17.1 Å². The molecular weight excluding hydrogens is 324 g/mol. The van der Waals surface area contributed by atoms with E-state index in [1.54, 1.807) is 23.6 Å². The number of para-hydroxylation sites is 2. The number of furan rings is 1. The number of aryl methyl sites for hydroxylation is 1. The summed E-state index contributed by atoms with van der Waals surface area (Å²) >= 11 is 0. The molecule has 7 heteroatoms. The number of esters is 1. The summed E-state index contributed by atoms with van der Waals surface area (Å²) in [7, 11) is 3.26. The molecule has 0 fully saturated rings. The Kier molecular flexibility index (Phi) is 4.76. The second kappa shape index (κ2) is 6.98. The number of ether oxygens (including phenoxy) is 1. The highest BCUT2D eigenvalue weighted by molar-refractivity contribution is 5.90. The third-order valence-corrected chi connectivity index (χ3v) is 4.08. The minimum Gasteiger partial charge on any atom is -0.465 e. The number of oxazole rings is 1. The van der Waals surface area contributed by atoms with Crippen molar-refractivity contribution in [2.24, 2.45) is 0 Å². The highest BCUT2D eigenvalue weighted by Gasteiger charge is 2.16. The van der Waals surface area contributed by atoms with Crippen molar-refractivity contribution in [2.75, 3.05) is 20.7 Å². The quantitative estimate of drug-likeness (QED) is 0.639. The van der Waals surface area contributed by atoms with E-state index >= 15 is 0 Å². The lowest BCUT2D eigenvalue weighted by Crippen LogP contribution is -2.26. The van der Waals surface area contributed by atoms with Crippen LogP contribution in [0, 0.1) is 6.92 Å². The van der Waals surface area contributed by atoms with Crippen LogP contribution in [0.25, 0.3) is 11.1 Å². The highest BCUT2D eigenvalue weighted by Crippen LogP contribution is 2.17. The van der Waals surface area contributed by atoms with Gasteiger partial charge in [0.15, 0.2) is 5.58 Å². The van der Waals surface area contributed by atoms with Gasteiger partial charge < -0.3 is 13.6 Å². The van der Waals surface area contributed by atoms with Gasteiger partial charge in [0.25, 0.3) is 0 Å². The summed E-state index contributed by atoms with van der Waals surface area (Å²) in [4.78, 5) is 25.6. The number of likely N-dealkylation sites (N-methyl/N-ethyl adjacent to an activating group) is 1. The maximum absolute atomic E-state index is 12.0. The van der Waals surface area contributed by atoms with E-state index in [9.17, 15) is 9.59 Å². The third kappa shape index (κ3) is 3.51. The summed E-state index contributed by atoms with van der Waals surface area (Å²) in [5.74, 6) is 0.431. The predicted octanol–water partition coefficient (Wildman–Crippen LogP) is 2.41. The van der Waals surface area contributed by atoms with Gasteiger partial charge in [-0.3, -0.25) is 9.47 Å². The van der Waals surface area contributed by atoms with Gasteiger partial charge in [0.2, 0.25) is 0 Å². The van der Waals surface area contributed by atoms with Crippen LogP contribution in [0.5, 0.6) is 0 Å². The molecule has 25 heavy (non-hydrogen) atoms. The first-order valence-electron chi connectivity index (χ1n) is 7.94. The molecule has 2 aromatic heterocycles. The van der Waals surface area contributed by atoms with Crippen LogP contribution >= 0.6 is 0 Å². The molecule has 132 valence electrons. The Morgan fingerprint density at radius 3 is 2.80 bits per heavy atom. The van der Waals surface area contributed by atoms with E-state index in [4.69, 9.17) is 13.6 Å². The molecule has 0 amide bonds. The average molecular weight is 344 g/mol. The molecule has 3 aromatic rings. The van der Waals surface area contributed by atoms with Crippen molar-refractivity contribution in [1.82, 2.24) is 9.47 Å². The Morgan fingerprint density at radius 1 is 1.28 bits per heavy atom. The predicted molar refractivity (Wildman–Crippen MR) is 91.6 cm³/mol. The largest absolute Gasteiger partial charge is 0.465 e. The van der Waals surface area contributed by atoms with Crippen molar-refractivity contribution in [3.8, 4) is 0 Å². The summed E-state index contributed by atoms with van der Waals surface area (Å²) in [6, 6.07) is 9.03. The van der Waals surface area contributed by atoms with E-state index in [1.165, 1.54) is 7.11 Å². The molecule has 0 radical (unpaired) electrons. The monoisotopic (exact) mass is 344 g/mol. The summed E-state index contributed by atoms with van der Waals surface area (Å²) in [6.07, 6.45) is 0. The molecule has 0 N–H and O–H groups in total. The Bertz CT molecular complexity index is 950. The first-order valence-corrected chi connectivity index (χ1v) is 7.94. The molecule has 0 aliphatic carbocycles. The van der Waals surface area contributed by atoms with E-state index < -0.39 is 5.97 Å². The van der Waals surface area contributed by atoms with Gasteiger partial charge in [-0.2, -0.15) is 0 Å². The van der Waals surface area contributed by atoms with Crippen LogP contribution in [0.3, 0.4) is 0 Å². The lowest BCUT2D eigenvalue weighted by atomic mass is 10.2. The van der Waals surface area contributed by atoms with E-state index in [0.29, 0.717) is 42.3 Å². The van der Waals surface area contributed by atoms with Crippen LogP contribution in [0.1, 0.15) is 21.9 Å². The summed E-state index contributed by atoms with van der Waals surface area (Å²) in [6.45, 7) is 3.36. The molecule has 0 bridgehead atoms. The summed E-state index contributed by atoms with van der Waals surface area (Å²) in [5.41, 5.74) is 1.80. The molecule has 0 unspecified atom stereocenters. The highest BCUT2D eigenvalue weighted by atomic mass is 16.5. The number of carbonyl (C=O) groups is 1. The molecule has 0 atom stereocenters. The van der Waals surface area contributed by atoms with Gasteiger partial charge in [-0.1, -0.05) is 12.1 Å². The van der Waals surface area contributed by atoms with Crippen molar-refractivity contribution in [3.63, 3.8) is 0 Å². The number of carbonyl (C=O) groups excluding carboxylic acids is 1. The summed E-state index contributed by atoms with van der Waals surface area (Å²) < 4.78 is 17.2. The Balaban J connectivity index is 1.67. The third-order valence-electron chi connectivity index (χ3n) is 4.08. The fraction of sp³-hybridized carbons (Fsp3) is 0.333. The molecular formula is C18H20N2O5. The topological polar surface area (TPSA) is 77.8 Å². The fourth-order valence-electron chi connectivity index (χ4n) is 2.78. The van der Waals surface area contributed by atoms with Crippen LogP contribution in [0.2, 0.25) is 0 Å². The molecule has 2 heterocycles. The fourth-order valence-corrected chi connectivity index (χ4v) is 2.78. The standard InChI is InChI=1S/C18H20N2O5/c1-12-14(17(21)23-3)10-13(24-12)11-19(2)8-9-20-15-6-4-5-7-16(15)25-18(20)22/h4-7,10H,8-9,11H2,1-3H3. The molecule has 3 rings (SSSR count). The van der Waals surface area contributed by atoms with Crippen LogP contribution in [0.4, 0.5) is 0 Å². The minimum atomic E-state index is -0.411. The van der Waals surface area contributed by atoms with Crippen molar-refractivity contribution in [2.45, 2.75) is 20.0 Å². The van der Waals surface area contributed by atoms with E-state index in [-0.39, 0.29) is 5.76 Å². The van der Waals surface area contributed by atoms with Gasteiger partial charge in [0.05, 0.1) is 19.2 Å². The SMILES string of the molecule is COC(=O)c1cc(CN(C)CCn2c(=O)oc3ccccc32)oc1C. The van der Waals surface area contributed by atoms with Crippen molar-refractivity contribution in [1.29, 1.82) is 0 Å². The van der Waals surface area contributed by atoms with Gasteiger partial charge in [-0.25, -0.2) is 9.59 Å². The van der Waals surface area contributed by atoms with Crippen LogP contribution in [-0.4, -0.2) is 36.1 Å². The van der Waals surface area contributed by atoms with E-state index in [0.717, 1.165) is 5.52 Å². The first-order chi connectivity index (χ1) is 12.0. The number of aromatic nitrogens is 1. The van der Waals surface area contributed by atoms with Gasteiger partial charge in [-0.05, 0) is 32.2 Å². The van der Waals surface area contributed by atoms with Gasteiger partial charge >= 0.3 is 11.7 Å². The molecule has 7 nitrogen and oxygen atoms in total. The number of methoxy groups -OCH3 is 1. The van der Waals surface area contributed by atoms with Crippen molar-refractivity contribution < 1.29 is 18.4 Å². The number of nitrogens with zero attached hydrogens (tertiary/aromatic N) is 2. The molecule has 0 aliphatic rings. The van der Waals surface area contributed by atoms with E-state index in [1.807, 2.05) is 30.1 Å². The average Bonchev–Trinajstić information content (AvgIpc) is 3.11. The molecule has 0 aliphatic heterocycles. The zero-order chi connectivity index (χ0) is 18.0. The van der Waals surface area contributed by atoms with Crippen LogP contribution < -0.4 is 5.76 Å². The molecule has 1 aromatic carbocycles. The van der Waals surface area contributed by atoms with Crippen LogP contribution in [0.15, 0.2) is 44.0 Å². The second-order valence-corrected chi connectivity index (χ2v) is 5.90. The Hall–Kier alpha value is -2.80. The molecule has 0 saturated heterocycles. The minimum absolute atomic E-state index is 0.364. The van der Waals surface area contributed by atoms with E-state index in [2.05, 4.69) is 0 Å². The lowest BCUT2D eigenvalue weighted by Gasteiger charge is -2.15. The smallest absolute Gasteiger partial charge is 0.419 e.